The van der Waals surface area contributed by atoms with Crippen LogP contribution in [0.2, 0.25) is 10.0 Å². The molecule has 0 aliphatic carbocycles. The minimum Gasteiger partial charge on any atom is -0.254 e. The fourth-order valence-electron chi connectivity index (χ4n) is 2.47. The number of anilines is 1. The third-order valence-corrected chi connectivity index (χ3v) is 5.28. The molecule has 0 bridgehead atoms. The predicted octanol–water partition coefficient (Wildman–Crippen LogP) is 5.77. The van der Waals surface area contributed by atoms with E-state index in [1.807, 2.05) is 47.8 Å². The number of hydrazone groups is 1. The molecule has 4 rings (SSSR count). The van der Waals surface area contributed by atoms with Gasteiger partial charge in [0.05, 0.1) is 27.1 Å². The average Bonchev–Trinajstić information content (AvgIpc) is 3.21. The number of halogens is 2. The molecule has 0 fully saturated rings. The number of aromatic nitrogens is 3. The molecule has 0 saturated carbocycles. The maximum absolute atomic E-state index is 6.10. The van der Waals surface area contributed by atoms with Crippen molar-refractivity contribution in [3.05, 3.63) is 93.8 Å². The van der Waals surface area contributed by atoms with Crippen molar-refractivity contribution in [1.29, 1.82) is 0 Å². The van der Waals surface area contributed by atoms with Gasteiger partial charge in [-0.1, -0.05) is 41.4 Å². The van der Waals surface area contributed by atoms with Gasteiger partial charge in [-0.3, -0.25) is 15.4 Å². The smallest absolute Gasteiger partial charge is 0.203 e. The van der Waals surface area contributed by atoms with Crippen LogP contribution in [-0.4, -0.2) is 20.7 Å². The molecule has 0 spiro atoms. The molecule has 0 atom stereocenters. The topological polar surface area (TPSA) is 63.1 Å². The molecular weight excluding hydrogens is 413 g/mol. The zero-order valence-electron chi connectivity index (χ0n) is 14.4. The maximum Gasteiger partial charge on any atom is 0.203 e. The van der Waals surface area contributed by atoms with Gasteiger partial charge in [0.25, 0.3) is 0 Å². The highest BCUT2D eigenvalue weighted by Crippen LogP contribution is 2.30. The summed E-state index contributed by atoms with van der Waals surface area (Å²) in [6, 6.07) is 16.7. The van der Waals surface area contributed by atoms with E-state index < -0.39 is 0 Å². The van der Waals surface area contributed by atoms with Gasteiger partial charge in [0, 0.05) is 23.3 Å². The van der Waals surface area contributed by atoms with E-state index in [2.05, 4.69) is 25.5 Å². The van der Waals surface area contributed by atoms with Crippen LogP contribution in [0.5, 0.6) is 0 Å². The van der Waals surface area contributed by atoms with Gasteiger partial charge in [0.2, 0.25) is 5.13 Å². The fourth-order valence-corrected chi connectivity index (χ4v) is 3.43. The maximum atomic E-state index is 6.10. The standard InChI is InChI=1S/C20H13Cl2N5S/c21-14-8-7-13(11-15(14)22)18-12-28-20(25-18)27-26-19(16-5-1-3-9-23-16)17-6-2-4-10-24-17/h1-12H,(H,25,27). The highest BCUT2D eigenvalue weighted by Gasteiger charge is 2.11. The quantitative estimate of drug-likeness (QED) is 0.325. The molecule has 1 N–H and O–H groups in total. The SMILES string of the molecule is Clc1ccc(-c2csc(NN=C(c3ccccn3)c3ccccn3)n2)cc1Cl. The second-order valence-electron chi connectivity index (χ2n) is 5.67. The molecule has 0 saturated heterocycles. The Morgan fingerprint density at radius 1 is 0.893 bits per heavy atom. The number of thiazole rings is 1. The molecule has 138 valence electrons. The van der Waals surface area contributed by atoms with E-state index in [-0.39, 0.29) is 0 Å². The van der Waals surface area contributed by atoms with Gasteiger partial charge in [-0.25, -0.2) is 4.98 Å². The summed E-state index contributed by atoms with van der Waals surface area (Å²) < 4.78 is 0. The van der Waals surface area contributed by atoms with Crippen LogP contribution in [0, 0.1) is 0 Å². The molecule has 28 heavy (non-hydrogen) atoms. The normalized spacial score (nSPS) is 10.5. The van der Waals surface area contributed by atoms with Gasteiger partial charge in [0.1, 0.15) is 5.71 Å². The van der Waals surface area contributed by atoms with Crippen molar-refractivity contribution in [2.75, 3.05) is 5.43 Å². The van der Waals surface area contributed by atoms with Crippen molar-refractivity contribution in [3.8, 4) is 11.3 Å². The molecule has 1 aromatic carbocycles. The molecule has 0 radical (unpaired) electrons. The van der Waals surface area contributed by atoms with Crippen LogP contribution < -0.4 is 5.43 Å². The summed E-state index contributed by atoms with van der Waals surface area (Å²) in [5.41, 5.74) is 6.76. The molecule has 0 unspecified atom stereocenters. The molecular formula is C20H13Cl2N5S. The van der Waals surface area contributed by atoms with Gasteiger partial charge in [-0.05, 0) is 36.4 Å². The Kier molecular flexibility index (Phi) is 5.62. The van der Waals surface area contributed by atoms with E-state index in [1.54, 1.807) is 24.5 Å². The Morgan fingerprint density at radius 3 is 2.21 bits per heavy atom. The molecule has 0 amide bonds. The second-order valence-corrected chi connectivity index (χ2v) is 7.34. The van der Waals surface area contributed by atoms with Crippen LogP contribution >= 0.6 is 34.5 Å². The van der Waals surface area contributed by atoms with Gasteiger partial charge in [-0.2, -0.15) is 5.10 Å². The van der Waals surface area contributed by atoms with Crippen LogP contribution in [0.15, 0.2) is 77.5 Å². The zero-order chi connectivity index (χ0) is 19.3. The van der Waals surface area contributed by atoms with Crippen molar-refractivity contribution in [2.45, 2.75) is 0 Å². The molecule has 5 nitrogen and oxygen atoms in total. The van der Waals surface area contributed by atoms with Crippen LogP contribution in [-0.2, 0) is 0 Å². The van der Waals surface area contributed by atoms with E-state index in [4.69, 9.17) is 23.2 Å². The van der Waals surface area contributed by atoms with E-state index in [1.165, 1.54) is 11.3 Å². The third-order valence-electron chi connectivity index (χ3n) is 3.80. The highest BCUT2D eigenvalue weighted by molar-refractivity contribution is 7.14. The Morgan fingerprint density at radius 2 is 1.61 bits per heavy atom. The van der Waals surface area contributed by atoms with E-state index in [0.29, 0.717) is 20.9 Å². The van der Waals surface area contributed by atoms with E-state index in [9.17, 15) is 0 Å². The van der Waals surface area contributed by atoms with E-state index >= 15 is 0 Å². The first-order valence-electron chi connectivity index (χ1n) is 8.28. The Balaban J connectivity index is 1.62. The first kappa shape index (κ1) is 18.6. The summed E-state index contributed by atoms with van der Waals surface area (Å²) in [6.07, 6.45) is 3.44. The lowest BCUT2D eigenvalue weighted by atomic mass is 10.1. The lowest BCUT2D eigenvalue weighted by molar-refractivity contribution is 1.21. The van der Waals surface area contributed by atoms with Crippen LogP contribution in [0.25, 0.3) is 11.3 Å². The number of benzene rings is 1. The zero-order valence-corrected chi connectivity index (χ0v) is 16.7. The van der Waals surface area contributed by atoms with Gasteiger partial charge in [0.15, 0.2) is 0 Å². The monoisotopic (exact) mass is 425 g/mol. The summed E-state index contributed by atoms with van der Waals surface area (Å²) >= 11 is 13.5. The van der Waals surface area contributed by atoms with Crippen LogP contribution in [0.1, 0.15) is 11.4 Å². The molecule has 0 aliphatic heterocycles. The largest absolute Gasteiger partial charge is 0.254 e. The van der Waals surface area contributed by atoms with Crippen LogP contribution in [0.4, 0.5) is 5.13 Å². The van der Waals surface area contributed by atoms with Crippen molar-refractivity contribution >= 4 is 45.4 Å². The lowest BCUT2D eigenvalue weighted by Crippen LogP contribution is -2.10. The second kappa shape index (κ2) is 8.48. The minimum absolute atomic E-state index is 0.493. The van der Waals surface area contributed by atoms with Crippen molar-refractivity contribution in [2.24, 2.45) is 5.10 Å². The van der Waals surface area contributed by atoms with E-state index in [0.717, 1.165) is 22.6 Å². The highest BCUT2D eigenvalue weighted by atomic mass is 35.5. The molecule has 3 heterocycles. The van der Waals surface area contributed by atoms with Gasteiger partial charge >= 0.3 is 0 Å². The lowest BCUT2D eigenvalue weighted by Gasteiger charge is -2.05. The number of hydrogen-bond donors (Lipinski definition) is 1. The number of rotatable bonds is 5. The third kappa shape index (κ3) is 4.20. The molecule has 3 aromatic heterocycles. The summed E-state index contributed by atoms with van der Waals surface area (Å²) in [7, 11) is 0. The average molecular weight is 426 g/mol. The minimum atomic E-state index is 0.493. The number of nitrogens with zero attached hydrogens (tertiary/aromatic N) is 4. The van der Waals surface area contributed by atoms with Crippen LogP contribution in [0.3, 0.4) is 0 Å². The van der Waals surface area contributed by atoms with Crippen molar-refractivity contribution < 1.29 is 0 Å². The summed E-state index contributed by atoms with van der Waals surface area (Å²) in [5.74, 6) is 0. The summed E-state index contributed by atoms with van der Waals surface area (Å²) in [4.78, 5) is 13.3. The first-order valence-corrected chi connectivity index (χ1v) is 9.92. The summed E-state index contributed by atoms with van der Waals surface area (Å²) in [5, 5.41) is 8.09. The fraction of sp³-hybridized carbons (Fsp3) is 0. The van der Waals surface area contributed by atoms with Gasteiger partial charge in [-0.15, -0.1) is 11.3 Å². The molecule has 4 aromatic rings. The number of nitrogens with one attached hydrogen (secondary N) is 1. The molecule has 8 heteroatoms. The summed E-state index contributed by atoms with van der Waals surface area (Å²) in [6.45, 7) is 0. The predicted molar refractivity (Wildman–Crippen MR) is 115 cm³/mol. The number of hydrogen-bond acceptors (Lipinski definition) is 6. The first-order chi connectivity index (χ1) is 13.7. The number of pyridine rings is 2. The Labute approximate surface area is 175 Å². The Hall–Kier alpha value is -2.80. The van der Waals surface area contributed by atoms with Gasteiger partial charge < -0.3 is 0 Å². The van der Waals surface area contributed by atoms with Crippen molar-refractivity contribution in [3.63, 3.8) is 0 Å². The van der Waals surface area contributed by atoms with Crippen molar-refractivity contribution in [1.82, 2.24) is 15.0 Å². The molecule has 0 aliphatic rings. The Bertz CT molecular complexity index is 1070.